The van der Waals surface area contributed by atoms with Crippen molar-refractivity contribution in [1.82, 2.24) is 15.1 Å². The van der Waals surface area contributed by atoms with Gasteiger partial charge in [0.25, 0.3) is 5.91 Å². The molecule has 2 aliphatic rings. The topological polar surface area (TPSA) is 69.7 Å². The van der Waals surface area contributed by atoms with Crippen LogP contribution in [0, 0.1) is 0 Å². The second-order valence-electron chi connectivity index (χ2n) is 6.75. The number of fused-ring (bicyclic) bond motifs is 1. The quantitative estimate of drug-likeness (QED) is 0.843. The number of benzene rings is 1. The zero-order valence-electron chi connectivity index (χ0n) is 14.4. The van der Waals surface area contributed by atoms with Crippen molar-refractivity contribution in [2.45, 2.75) is 25.4 Å². The largest absolute Gasteiger partial charge is 0.336 e. The second-order valence-corrected chi connectivity index (χ2v) is 7.75. The van der Waals surface area contributed by atoms with Crippen molar-refractivity contribution in [3.05, 3.63) is 57.8 Å². The van der Waals surface area contributed by atoms with Gasteiger partial charge in [-0.15, -0.1) is 11.3 Å². The lowest BCUT2D eigenvalue weighted by atomic mass is 9.92. The van der Waals surface area contributed by atoms with Crippen molar-refractivity contribution in [3.8, 4) is 0 Å². The van der Waals surface area contributed by atoms with Gasteiger partial charge < -0.3 is 10.2 Å². The molecular weight excluding hydrogens is 350 g/mol. The van der Waals surface area contributed by atoms with Gasteiger partial charge in [0.05, 0.1) is 0 Å². The SMILES string of the molecule is CC1(c2ccccc2)NC(=O)N(CC(=O)N2CCc3sccc3C2)C1=O. The molecule has 0 radical (unpaired) electrons. The fourth-order valence-electron chi connectivity index (χ4n) is 3.50. The van der Waals surface area contributed by atoms with Gasteiger partial charge in [-0.25, -0.2) is 4.79 Å². The lowest BCUT2D eigenvalue weighted by Gasteiger charge is -2.28. The van der Waals surface area contributed by atoms with Gasteiger partial charge in [-0.2, -0.15) is 0 Å². The summed E-state index contributed by atoms with van der Waals surface area (Å²) in [6.07, 6.45) is 0.820. The molecule has 1 saturated heterocycles. The van der Waals surface area contributed by atoms with Crippen LogP contribution in [0.3, 0.4) is 0 Å². The van der Waals surface area contributed by atoms with Crippen LogP contribution in [0.4, 0.5) is 4.79 Å². The lowest BCUT2D eigenvalue weighted by molar-refractivity contribution is -0.139. The summed E-state index contributed by atoms with van der Waals surface area (Å²) >= 11 is 1.70. The minimum absolute atomic E-state index is 0.206. The molecule has 3 heterocycles. The lowest BCUT2D eigenvalue weighted by Crippen LogP contribution is -2.45. The normalized spacial score (nSPS) is 22.3. The van der Waals surface area contributed by atoms with E-state index < -0.39 is 17.5 Å². The van der Waals surface area contributed by atoms with E-state index >= 15 is 0 Å². The molecule has 0 spiro atoms. The first-order valence-corrected chi connectivity index (χ1v) is 9.39. The van der Waals surface area contributed by atoms with Crippen molar-refractivity contribution in [2.75, 3.05) is 13.1 Å². The first kappa shape index (κ1) is 16.8. The summed E-state index contributed by atoms with van der Waals surface area (Å²) in [6, 6.07) is 10.6. The maximum absolute atomic E-state index is 12.9. The first-order valence-electron chi connectivity index (χ1n) is 8.52. The van der Waals surface area contributed by atoms with Crippen LogP contribution in [0.1, 0.15) is 22.9 Å². The Morgan fingerprint density at radius 1 is 1.23 bits per heavy atom. The van der Waals surface area contributed by atoms with Gasteiger partial charge in [-0.05, 0) is 35.9 Å². The molecule has 1 aromatic carbocycles. The summed E-state index contributed by atoms with van der Waals surface area (Å²) in [6.45, 7) is 2.60. The minimum Gasteiger partial charge on any atom is -0.336 e. The number of carbonyl (C=O) groups excluding carboxylic acids is 3. The molecule has 1 unspecified atom stereocenters. The number of thiophene rings is 1. The average molecular weight is 369 g/mol. The van der Waals surface area contributed by atoms with E-state index in [1.807, 2.05) is 29.6 Å². The fourth-order valence-corrected chi connectivity index (χ4v) is 4.39. The summed E-state index contributed by atoms with van der Waals surface area (Å²) in [5.41, 5.74) is 0.719. The molecule has 4 amide bonds. The Hall–Kier alpha value is -2.67. The first-order chi connectivity index (χ1) is 12.5. The van der Waals surface area contributed by atoms with Gasteiger partial charge in [0.2, 0.25) is 5.91 Å². The molecule has 6 nitrogen and oxygen atoms in total. The van der Waals surface area contributed by atoms with Crippen LogP contribution in [-0.4, -0.2) is 40.7 Å². The highest BCUT2D eigenvalue weighted by Gasteiger charge is 2.49. The van der Waals surface area contributed by atoms with Crippen LogP contribution in [0.2, 0.25) is 0 Å². The standard InChI is InChI=1S/C19H19N3O3S/c1-19(14-5-3-2-4-6-14)17(24)22(18(25)20-19)12-16(23)21-9-7-15-13(11-21)8-10-26-15/h2-6,8,10H,7,9,11-12H2,1H3,(H,20,25). The van der Waals surface area contributed by atoms with Crippen molar-refractivity contribution in [2.24, 2.45) is 0 Å². The van der Waals surface area contributed by atoms with Crippen molar-refractivity contribution in [3.63, 3.8) is 0 Å². The Labute approximate surface area is 155 Å². The van der Waals surface area contributed by atoms with E-state index in [0.29, 0.717) is 18.7 Å². The number of imide groups is 1. The monoisotopic (exact) mass is 369 g/mol. The Kier molecular flexibility index (Phi) is 4.03. The van der Waals surface area contributed by atoms with Crippen LogP contribution in [0.25, 0.3) is 0 Å². The third-order valence-electron chi connectivity index (χ3n) is 5.08. The molecule has 1 N–H and O–H groups in total. The van der Waals surface area contributed by atoms with Crippen molar-refractivity contribution >= 4 is 29.2 Å². The summed E-state index contributed by atoms with van der Waals surface area (Å²) in [7, 11) is 0. The number of hydrogen-bond donors (Lipinski definition) is 1. The molecule has 1 aromatic heterocycles. The number of nitrogens with one attached hydrogen (secondary N) is 1. The molecule has 0 aliphatic carbocycles. The van der Waals surface area contributed by atoms with E-state index in [1.165, 1.54) is 4.88 Å². The highest BCUT2D eigenvalue weighted by Crippen LogP contribution is 2.29. The number of amides is 4. The third kappa shape index (κ3) is 2.68. The van der Waals surface area contributed by atoms with E-state index in [9.17, 15) is 14.4 Å². The Morgan fingerprint density at radius 2 is 2.00 bits per heavy atom. The number of rotatable bonds is 3. The summed E-state index contributed by atoms with van der Waals surface area (Å²) in [5.74, 6) is -0.599. The number of nitrogens with zero attached hydrogens (tertiary/aromatic N) is 2. The molecule has 2 aliphatic heterocycles. The Bertz CT molecular complexity index is 879. The van der Waals surface area contributed by atoms with Crippen LogP contribution in [0.15, 0.2) is 41.8 Å². The van der Waals surface area contributed by atoms with Crippen LogP contribution < -0.4 is 5.32 Å². The molecule has 134 valence electrons. The fraction of sp³-hybridized carbons (Fsp3) is 0.316. The van der Waals surface area contributed by atoms with Crippen LogP contribution in [-0.2, 0) is 28.1 Å². The molecule has 0 bridgehead atoms. The van der Waals surface area contributed by atoms with Gasteiger partial charge in [0.15, 0.2) is 0 Å². The zero-order chi connectivity index (χ0) is 18.3. The Balaban J connectivity index is 1.49. The van der Waals surface area contributed by atoms with Crippen LogP contribution >= 0.6 is 11.3 Å². The van der Waals surface area contributed by atoms with E-state index in [4.69, 9.17) is 0 Å². The van der Waals surface area contributed by atoms with E-state index in [0.717, 1.165) is 16.9 Å². The second kappa shape index (κ2) is 6.25. The van der Waals surface area contributed by atoms with E-state index in [2.05, 4.69) is 5.32 Å². The molecule has 26 heavy (non-hydrogen) atoms. The molecule has 7 heteroatoms. The minimum atomic E-state index is -1.14. The Morgan fingerprint density at radius 3 is 2.77 bits per heavy atom. The van der Waals surface area contributed by atoms with Gasteiger partial charge in [-0.1, -0.05) is 30.3 Å². The molecule has 1 atom stereocenters. The van der Waals surface area contributed by atoms with Crippen molar-refractivity contribution in [1.29, 1.82) is 0 Å². The maximum Gasteiger partial charge on any atom is 0.325 e. The molecule has 1 fully saturated rings. The predicted molar refractivity (Wildman–Crippen MR) is 97.5 cm³/mol. The van der Waals surface area contributed by atoms with Gasteiger partial charge >= 0.3 is 6.03 Å². The highest BCUT2D eigenvalue weighted by molar-refractivity contribution is 7.10. The highest BCUT2D eigenvalue weighted by atomic mass is 32.1. The summed E-state index contributed by atoms with van der Waals surface area (Å²) in [4.78, 5) is 42.0. The number of urea groups is 1. The molecule has 0 saturated carbocycles. The van der Waals surface area contributed by atoms with E-state index in [-0.39, 0.29) is 12.5 Å². The third-order valence-corrected chi connectivity index (χ3v) is 6.10. The zero-order valence-corrected chi connectivity index (χ0v) is 15.2. The predicted octanol–water partition coefficient (Wildman–Crippen LogP) is 2.10. The molecule has 4 rings (SSSR count). The van der Waals surface area contributed by atoms with Gasteiger partial charge in [0.1, 0.15) is 12.1 Å². The maximum atomic E-state index is 12.9. The van der Waals surface area contributed by atoms with Gasteiger partial charge in [0, 0.05) is 18.0 Å². The van der Waals surface area contributed by atoms with Gasteiger partial charge in [-0.3, -0.25) is 14.5 Å². The number of carbonyl (C=O) groups is 3. The number of hydrogen-bond acceptors (Lipinski definition) is 4. The average Bonchev–Trinajstić information content (AvgIpc) is 3.20. The van der Waals surface area contributed by atoms with Crippen molar-refractivity contribution < 1.29 is 14.4 Å². The smallest absolute Gasteiger partial charge is 0.325 e. The summed E-state index contributed by atoms with van der Waals surface area (Å²) in [5, 5.41) is 4.76. The summed E-state index contributed by atoms with van der Waals surface area (Å²) < 4.78 is 0. The molecule has 2 aromatic rings. The van der Waals surface area contributed by atoms with Crippen LogP contribution in [0.5, 0.6) is 0 Å². The molecular formula is C19H19N3O3S. The van der Waals surface area contributed by atoms with E-state index in [1.54, 1.807) is 35.3 Å².